The predicted octanol–water partition coefficient (Wildman–Crippen LogP) is 1.25. The molecule has 8 heteroatoms. The SMILES string of the molecule is CCOC(=O)[C@@H]1[C@@H](C(=O)OCC)[C@]2(OC)C=C[C@H]1[C@](CSC)(OC)C2=O. The summed E-state index contributed by atoms with van der Waals surface area (Å²) in [5.74, 6) is -3.93. The summed E-state index contributed by atoms with van der Waals surface area (Å²) in [6.07, 6.45) is 5.15. The van der Waals surface area contributed by atoms with Crippen LogP contribution >= 0.6 is 11.8 Å². The molecule has 0 aliphatic heterocycles. The normalized spacial score (nSPS) is 35.4. The Hall–Kier alpha value is -1.38. The zero-order chi connectivity index (χ0) is 19.5. The maximum atomic E-state index is 13.5. The van der Waals surface area contributed by atoms with Crippen LogP contribution in [0, 0.1) is 17.8 Å². The summed E-state index contributed by atoms with van der Waals surface area (Å²) in [5, 5.41) is 0. The minimum atomic E-state index is -1.62. The second kappa shape index (κ2) is 8.10. The van der Waals surface area contributed by atoms with Crippen molar-refractivity contribution in [3.05, 3.63) is 12.2 Å². The van der Waals surface area contributed by atoms with Gasteiger partial charge in [0, 0.05) is 25.9 Å². The lowest BCUT2D eigenvalue weighted by Crippen LogP contribution is -2.74. The van der Waals surface area contributed by atoms with Gasteiger partial charge in [0.25, 0.3) is 0 Å². The molecule has 5 atom stereocenters. The van der Waals surface area contributed by atoms with Crippen molar-refractivity contribution in [1.82, 2.24) is 0 Å². The molecule has 146 valence electrons. The Labute approximate surface area is 157 Å². The summed E-state index contributed by atoms with van der Waals surface area (Å²) >= 11 is 1.43. The van der Waals surface area contributed by atoms with Crippen molar-refractivity contribution in [2.45, 2.75) is 25.0 Å². The number of carbonyl (C=O) groups excluding carboxylic acids is 3. The molecule has 0 saturated heterocycles. The highest BCUT2D eigenvalue weighted by atomic mass is 32.2. The fourth-order valence-corrected chi connectivity index (χ4v) is 4.99. The molecule has 0 spiro atoms. The van der Waals surface area contributed by atoms with E-state index < -0.39 is 40.9 Å². The minimum absolute atomic E-state index is 0.132. The number of methoxy groups -OCH3 is 2. The number of fused-ring (bicyclic) bond motifs is 2. The summed E-state index contributed by atoms with van der Waals surface area (Å²) in [6, 6.07) is 0. The van der Waals surface area contributed by atoms with Crippen LogP contribution in [0.3, 0.4) is 0 Å². The molecule has 0 amide bonds. The van der Waals surface area contributed by atoms with Gasteiger partial charge in [0.15, 0.2) is 5.60 Å². The number of esters is 2. The van der Waals surface area contributed by atoms with E-state index in [0.717, 1.165) is 0 Å². The summed E-state index contributed by atoms with van der Waals surface area (Å²) < 4.78 is 21.7. The van der Waals surface area contributed by atoms with Crippen LogP contribution in [0.1, 0.15) is 13.8 Å². The minimum Gasteiger partial charge on any atom is -0.466 e. The van der Waals surface area contributed by atoms with Gasteiger partial charge in [-0.15, -0.1) is 0 Å². The number of hydrogen-bond acceptors (Lipinski definition) is 8. The molecular formula is C18H26O7S. The molecule has 0 aromatic heterocycles. The van der Waals surface area contributed by atoms with Crippen molar-refractivity contribution in [2.75, 3.05) is 39.4 Å². The molecule has 3 aliphatic rings. The van der Waals surface area contributed by atoms with Gasteiger partial charge in [-0.05, 0) is 26.2 Å². The fourth-order valence-electron chi connectivity index (χ4n) is 4.12. The van der Waals surface area contributed by atoms with Crippen molar-refractivity contribution in [3.8, 4) is 0 Å². The van der Waals surface area contributed by atoms with Gasteiger partial charge in [0.1, 0.15) is 11.5 Å². The van der Waals surface area contributed by atoms with Crippen molar-refractivity contribution < 1.29 is 33.3 Å². The maximum absolute atomic E-state index is 13.5. The standard InChI is InChI=1S/C18H26O7S/c1-6-24-14(19)12-11-8-9-17(22-3,13(12)15(20)25-7-2)16(21)18(11,23-4)10-26-5/h8-9,11-13H,6-7,10H2,1-5H3/t11-,12+,13+,17-,18+/m1/s1. The highest BCUT2D eigenvalue weighted by Gasteiger charge is 2.72. The first-order valence-electron chi connectivity index (χ1n) is 8.56. The highest BCUT2D eigenvalue weighted by molar-refractivity contribution is 7.98. The van der Waals surface area contributed by atoms with Crippen LogP contribution in [0.4, 0.5) is 0 Å². The third-order valence-corrected chi connectivity index (χ3v) is 5.91. The lowest BCUT2D eigenvalue weighted by Gasteiger charge is -2.56. The smallest absolute Gasteiger partial charge is 0.313 e. The zero-order valence-electron chi connectivity index (χ0n) is 15.8. The number of thioether (sulfide) groups is 1. The van der Waals surface area contributed by atoms with Crippen molar-refractivity contribution in [3.63, 3.8) is 0 Å². The highest BCUT2D eigenvalue weighted by Crippen LogP contribution is 2.54. The van der Waals surface area contributed by atoms with E-state index >= 15 is 0 Å². The van der Waals surface area contributed by atoms with Gasteiger partial charge in [0.2, 0.25) is 5.78 Å². The van der Waals surface area contributed by atoms with Crippen molar-refractivity contribution in [2.24, 2.45) is 17.8 Å². The van der Waals surface area contributed by atoms with Gasteiger partial charge < -0.3 is 18.9 Å². The van der Waals surface area contributed by atoms with Gasteiger partial charge in [-0.1, -0.05) is 6.08 Å². The third-order valence-electron chi connectivity index (χ3n) is 5.20. The maximum Gasteiger partial charge on any atom is 0.313 e. The molecule has 0 unspecified atom stereocenters. The molecular weight excluding hydrogens is 360 g/mol. The average molecular weight is 386 g/mol. The van der Waals surface area contributed by atoms with Gasteiger partial charge >= 0.3 is 11.9 Å². The third kappa shape index (κ3) is 2.88. The van der Waals surface area contributed by atoms with Crippen LogP contribution in [0.5, 0.6) is 0 Å². The molecule has 3 rings (SSSR count). The van der Waals surface area contributed by atoms with Crippen LogP contribution in [-0.2, 0) is 33.3 Å². The van der Waals surface area contributed by atoms with Gasteiger partial charge in [-0.2, -0.15) is 11.8 Å². The summed E-state index contributed by atoms with van der Waals surface area (Å²) in [6.45, 7) is 3.66. The van der Waals surface area contributed by atoms with Gasteiger partial charge in [-0.25, -0.2) is 0 Å². The van der Waals surface area contributed by atoms with E-state index in [2.05, 4.69) is 0 Å². The molecule has 1 fully saturated rings. The Kier molecular flexibility index (Phi) is 6.52. The molecule has 3 aliphatic carbocycles. The van der Waals surface area contributed by atoms with Crippen LogP contribution in [-0.4, -0.2) is 68.4 Å². The Morgan fingerprint density at radius 1 is 1.12 bits per heavy atom. The fraction of sp³-hybridized carbons (Fsp3) is 0.722. The van der Waals surface area contributed by atoms with Crippen LogP contribution in [0.2, 0.25) is 0 Å². The van der Waals surface area contributed by atoms with E-state index in [0.29, 0.717) is 5.75 Å². The second-order valence-corrected chi connectivity index (χ2v) is 7.11. The molecule has 0 aromatic rings. The monoisotopic (exact) mass is 386 g/mol. The Morgan fingerprint density at radius 2 is 1.73 bits per heavy atom. The molecule has 0 radical (unpaired) electrons. The van der Waals surface area contributed by atoms with E-state index in [1.54, 1.807) is 26.0 Å². The van der Waals surface area contributed by atoms with E-state index in [1.165, 1.54) is 26.0 Å². The number of rotatable bonds is 8. The number of hydrogen-bond donors (Lipinski definition) is 0. The van der Waals surface area contributed by atoms with E-state index in [1.807, 2.05) is 6.26 Å². The van der Waals surface area contributed by atoms with Crippen molar-refractivity contribution in [1.29, 1.82) is 0 Å². The summed E-state index contributed by atoms with van der Waals surface area (Å²) in [7, 11) is 2.79. The number of carbonyl (C=O) groups is 3. The first-order chi connectivity index (χ1) is 12.4. The Morgan fingerprint density at radius 3 is 2.23 bits per heavy atom. The Balaban J connectivity index is 2.67. The molecule has 26 heavy (non-hydrogen) atoms. The first kappa shape index (κ1) is 20.9. The molecule has 2 bridgehead atoms. The molecule has 0 N–H and O–H groups in total. The second-order valence-electron chi connectivity index (χ2n) is 6.25. The topological polar surface area (TPSA) is 88.1 Å². The van der Waals surface area contributed by atoms with E-state index in [-0.39, 0.29) is 19.0 Å². The first-order valence-corrected chi connectivity index (χ1v) is 9.96. The predicted molar refractivity (Wildman–Crippen MR) is 95.7 cm³/mol. The number of Topliss-reactive ketones (excluding diaryl/α,β-unsaturated/α-hetero) is 1. The van der Waals surface area contributed by atoms with Gasteiger partial charge in [-0.3, -0.25) is 14.4 Å². The van der Waals surface area contributed by atoms with Crippen LogP contribution in [0.15, 0.2) is 12.2 Å². The van der Waals surface area contributed by atoms with Gasteiger partial charge in [0.05, 0.1) is 19.1 Å². The quantitative estimate of drug-likeness (QED) is 0.455. The molecule has 1 saturated carbocycles. The summed E-state index contributed by atoms with van der Waals surface area (Å²) in [4.78, 5) is 39.0. The van der Waals surface area contributed by atoms with Crippen LogP contribution < -0.4 is 0 Å². The number of ketones is 1. The lowest BCUT2D eigenvalue weighted by molar-refractivity contribution is -0.207. The molecule has 7 nitrogen and oxygen atoms in total. The van der Waals surface area contributed by atoms with E-state index in [4.69, 9.17) is 18.9 Å². The zero-order valence-corrected chi connectivity index (χ0v) is 16.6. The largest absolute Gasteiger partial charge is 0.466 e. The lowest BCUT2D eigenvalue weighted by atomic mass is 9.53. The molecule has 0 aromatic carbocycles. The summed E-state index contributed by atoms with van der Waals surface area (Å²) in [5.41, 5.74) is -2.89. The molecule has 0 heterocycles. The average Bonchev–Trinajstić information content (AvgIpc) is 2.64. The van der Waals surface area contributed by atoms with E-state index in [9.17, 15) is 14.4 Å². The van der Waals surface area contributed by atoms with Crippen LogP contribution in [0.25, 0.3) is 0 Å². The van der Waals surface area contributed by atoms with Crippen molar-refractivity contribution >= 4 is 29.5 Å². The number of ether oxygens (including phenoxy) is 4. The Bertz CT molecular complexity index is 604.